The van der Waals surface area contributed by atoms with Gasteiger partial charge in [0, 0.05) is 28.8 Å². The number of nitrogens with one attached hydrogen (secondary N) is 2. The summed E-state index contributed by atoms with van der Waals surface area (Å²) in [5, 5.41) is 6.43. The molecule has 2 aliphatic heterocycles. The first-order valence-corrected chi connectivity index (χ1v) is 13.3. The summed E-state index contributed by atoms with van der Waals surface area (Å²) in [6.07, 6.45) is -2.82. The van der Waals surface area contributed by atoms with Gasteiger partial charge in [-0.15, -0.1) is 0 Å². The molecular formula is C26H27Cl3F3N3O3. The van der Waals surface area contributed by atoms with Crippen LogP contribution in [0.1, 0.15) is 46.0 Å². The van der Waals surface area contributed by atoms with Crippen molar-refractivity contribution in [2.45, 2.75) is 75.9 Å². The Bertz CT molecular complexity index is 1230. The minimum Gasteiger partial charge on any atom is -0.476 e. The lowest BCUT2D eigenvalue weighted by Gasteiger charge is -2.43. The molecule has 38 heavy (non-hydrogen) atoms. The van der Waals surface area contributed by atoms with E-state index in [4.69, 9.17) is 39.5 Å². The molecule has 3 atom stereocenters. The molecule has 2 aromatic rings. The highest BCUT2D eigenvalue weighted by Crippen LogP contribution is 2.43. The molecule has 0 radical (unpaired) electrons. The SMILES string of the molecule is CC(C)(Oc1ccc(Cl)cc1Cl)C(=O)N[C@@H]1CC[C@@H]2CC[C@H]1N2c1ccc(NC(=O)CC(F)(F)F)cc1Cl. The fourth-order valence-corrected chi connectivity index (χ4v) is 5.83. The lowest BCUT2D eigenvalue weighted by molar-refractivity contribution is -0.150. The molecule has 0 aliphatic carbocycles. The Morgan fingerprint density at radius 3 is 2.37 bits per heavy atom. The number of anilines is 2. The van der Waals surface area contributed by atoms with E-state index >= 15 is 0 Å². The molecule has 0 aromatic heterocycles. The molecule has 2 aliphatic rings. The number of rotatable bonds is 7. The van der Waals surface area contributed by atoms with E-state index in [-0.39, 0.29) is 29.7 Å². The second-order valence-electron chi connectivity index (χ2n) is 10.1. The van der Waals surface area contributed by atoms with Crippen LogP contribution in [-0.2, 0) is 9.59 Å². The van der Waals surface area contributed by atoms with E-state index in [0.29, 0.717) is 26.5 Å². The van der Waals surface area contributed by atoms with Gasteiger partial charge < -0.3 is 20.3 Å². The van der Waals surface area contributed by atoms with Crippen LogP contribution in [0.4, 0.5) is 24.5 Å². The number of ether oxygens (including phenoxy) is 1. The molecule has 2 bridgehead atoms. The number of alkyl halides is 3. The quantitative estimate of drug-likeness (QED) is 0.363. The maximum absolute atomic E-state index is 13.3. The van der Waals surface area contributed by atoms with Crippen molar-refractivity contribution in [2.75, 3.05) is 10.2 Å². The zero-order chi connectivity index (χ0) is 27.8. The van der Waals surface area contributed by atoms with Gasteiger partial charge in [-0.1, -0.05) is 34.8 Å². The summed E-state index contributed by atoms with van der Waals surface area (Å²) in [6.45, 7) is 3.32. The highest BCUT2D eigenvalue weighted by molar-refractivity contribution is 6.35. The molecule has 2 heterocycles. The summed E-state index contributed by atoms with van der Waals surface area (Å²) in [4.78, 5) is 27.1. The van der Waals surface area contributed by atoms with Gasteiger partial charge in [0.25, 0.3) is 5.91 Å². The van der Waals surface area contributed by atoms with E-state index in [1.54, 1.807) is 38.1 Å². The highest BCUT2D eigenvalue weighted by Gasteiger charge is 2.45. The molecule has 0 unspecified atom stereocenters. The van der Waals surface area contributed by atoms with Crippen molar-refractivity contribution in [3.8, 4) is 5.75 Å². The van der Waals surface area contributed by atoms with E-state index in [1.807, 2.05) is 0 Å². The zero-order valence-corrected chi connectivity index (χ0v) is 22.9. The number of piperidine rings is 1. The Balaban J connectivity index is 1.45. The first-order valence-electron chi connectivity index (χ1n) is 12.1. The number of hydrogen-bond donors (Lipinski definition) is 2. The molecule has 12 heteroatoms. The lowest BCUT2D eigenvalue weighted by atomic mass is 9.95. The first kappa shape index (κ1) is 28.6. The van der Waals surface area contributed by atoms with Crippen molar-refractivity contribution in [1.82, 2.24) is 5.32 Å². The van der Waals surface area contributed by atoms with Crippen molar-refractivity contribution in [2.24, 2.45) is 0 Å². The third kappa shape index (κ3) is 6.61. The molecule has 6 nitrogen and oxygen atoms in total. The average molecular weight is 593 g/mol. The number of benzene rings is 2. The van der Waals surface area contributed by atoms with Crippen molar-refractivity contribution >= 4 is 58.0 Å². The van der Waals surface area contributed by atoms with Gasteiger partial charge in [0.1, 0.15) is 12.2 Å². The second-order valence-corrected chi connectivity index (χ2v) is 11.3. The Morgan fingerprint density at radius 2 is 1.71 bits per heavy atom. The summed E-state index contributed by atoms with van der Waals surface area (Å²) in [5.41, 5.74) is -0.330. The smallest absolute Gasteiger partial charge is 0.397 e. The molecule has 0 spiro atoms. The topological polar surface area (TPSA) is 70.7 Å². The van der Waals surface area contributed by atoms with Crippen LogP contribution in [0.15, 0.2) is 36.4 Å². The minimum atomic E-state index is -4.60. The van der Waals surface area contributed by atoms with Crippen molar-refractivity contribution < 1.29 is 27.5 Å². The highest BCUT2D eigenvalue weighted by atomic mass is 35.5. The molecule has 2 aromatic carbocycles. The van der Waals surface area contributed by atoms with Gasteiger partial charge in [-0.2, -0.15) is 13.2 Å². The number of fused-ring (bicyclic) bond motifs is 2. The second kappa shape index (κ2) is 11.0. The largest absolute Gasteiger partial charge is 0.476 e. The number of carbonyl (C=O) groups excluding carboxylic acids is 2. The van der Waals surface area contributed by atoms with E-state index in [2.05, 4.69) is 15.5 Å². The fourth-order valence-electron chi connectivity index (χ4n) is 5.10. The van der Waals surface area contributed by atoms with Crippen LogP contribution in [0.5, 0.6) is 5.75 Å². The summed E-state index contributed by atoms with van der Waals surface area (Å²) in [5.74, 6) is -1.11. The summed E-state index contributed by atoms with van der Waals surface area (Å²) in [6, 6.07) is 9.46. The normalized spacial score (nSPS) is 21.3. The van der Waals surface area contributed by atoms with Crippen LogP contribution in [0.25, 0.3) is 0 Å². The number of halogens is 6. The van der Waals surface area contributed by atoms with E-state index in [1.165, 1.54) is 12.1 Å². The van der Waals surface area contributed by atoms with Crippen molar-refractivity contribution in [3.05, 3.63) is 51.5 Å². The van der Waals surface area contributed by atoms with E-state index in [9.17, 15) is 22.8 Å². The van der Waals surface area contributed by atoms with Gasteiger partial charge >= 0.3 is 6.18 Å². The first-order chi connectivity index (χ1) is 17.7. The fraction of sp³-hybridized carbons (Fsp3) is 0.462. The maximum Gasteiger partial charge on any atom is 0.397 e. The molecular weight excluding hydrogens is 566 g/mol. The monoisotopic (exact) mass is 591 g/mol. The zero-order valence-electron chi connectivity index (χ0n) is 20.7. The molecule has 0 saturated carbocycles. The van der Waals surface area contributed by atoms with E-state index < -0.39 is 24.1 Å². The molecule has 2 amide bonds. The van der Waals surface area contributed by atoms with Gasteiger partial charge in [0.05, 0.1) is 15.7 Å². The molecule has 2 N–H and O–H groups in total. The average Bonchev–Trinajstić information content (AvgIpc) is 3.09. The van der Waals surface area contributed by atoms with Crippen molar-refractivity contribution in [1.29, 1.82) is 0 Å². The predicted octanol–water partition coefficient (Wildman–Crippen LogP) is 7.01. The maximum atomic E-state index is 13.3. The number of amides is 2. The standard InChI is InChI=1S/C26H27Cl3F3N3O3/c1-25(2,38-22-10-3-14(27)11-18(22)29)24(37)34-19-7-5-16-6-9-21(19)35(16)20-8-4-15(12-17(20)28)33-23(36)13-26(30,31)32/h3-4,8,10-12,16,19,21H,5-7,9,13H2,1-2H3,(H,33,36)(H,34,37)/t16-,19-,21-/m1/s1. The number of nitrogens with zero attached hydrogens (tertiary/aromatic N) is 1. The van der Waals surface area contributed by atoms with Crippen molar-refractivity contribution in [3.63, 3.8) is 0 Å². The minimum absolute atomic E-state index is 0.0317. The van der Waals surface area contributed by atoms with Gasteiger partial charge in [0.15, 0.2) is 5.60 Å². The molecule has 4 rings (SSSR count). The molecule has 2 saturated heterocycles. The van der Waals surface area contributed by atoms with Crippen LogP contribution in [-0.4, -0.2) is 41.7 Å². The third-order valence-electron chi connectivity index (χ3n) is 6.81. The lowest BCUT2D eigenvalue weighted by Crippen LogP contribution is -2.58. The van der Waals surface area contributed by atoms with Crippen LogP contribution >= 0.6 is 34.8 Å². The van der Waals surface area contributed by atoms with Gasteiger partial charge in [0.2, 0.25) is 5.91 Å². The van der Waals surface area contributed by atoms with Gasteiger partial charge in [-0.25, -0.2) is 0 Å². The Labute approximate surface area is 233 Å². The van der Waals surface area contributed by atoms with Crippen LogP contribution < -0.4 is 20.3 Å². The van der Waals surface area contributed by atoms with E-state index in [0.717, 1.165) is 25.7 Å². The molecule has 2 fully saturated rings. The predicted molar refractivity (Wildman–Crippen MR) is 142 cm³/mol. The Kier molecular flexibility index (Phi) is 8.31. The third-order valence-corrected chi connectivity index (χ3v) is 7.65. The van der Waals surface area contributed by atoms with Crippen LogP contribution in [0.2, 0.25) is 15.1 Å². The summed E-state index contributed by atoms with van der Waals surface area (Å²) in [7, 11) is 0. The number of carbonyl (C=O) groups is 2. The van der Waals surface area contributed by atoms with Crippen LogP contribution in [0, 0.1) is 0 Å². The Morgan fingerprint density at radius 1 is 1.00 bits per heavy atom. The van der Waals surface area contributed by atoms with Gasteiger partial charge in [-0.05, 0) is 75.9 Å². The molecule has 206 valence electrons. The number of hydrogen-bond acceptors (Lipinski definition) is 4. The summed E-state index contributed by atoms with van der Waals surface area (Å²) < 4.78 is 43.4. The van der Waals surface area contributed by atoms with Gasteiger partial charge in [-0.3, -0.25) is 9.59 Å². The Hall–Kier alpha value is -2.36. The van der Waals surface area contributed by atoms with Crippen LogP contribution in [0.3, 0.4) is 0 Å². The summed E-state index contributed by atoms with van der Waals surface area (Å²) >= 11 is 18.7.